The number of carbonyl (C=O) groups is 1. The van der Waals surface area contributed by atoms with Gasteiger partial charge in [0.2, 0.25) is 0 Å². The van der Waals surface area contributed by atoms with Gasteiger partial charge in [0.25, 0.3) is 5.91 Å². The van der Waals surface area contributed by atoms with E-state index in [2.05, 4.69) is 20.4 Å². The Hall–Kier alpha value is -4.10. The molecule has 5 aromatic rings. The molecule has 0 saturated heterocycles. The lowest BCUT2D eigenvalue weighted by Crippen LogP contribution is -2.28. The molecule has 0 aliphatic carbocycles. The van der Waals surface area contributed by atoms with Crippen LogP contribution in [0.15, 0.2) is 85.1 Å². The third-order valence-electron chi connectivity index (χ3n) is 5.34. The summed E-state index contributed by atoms with van der Waals surface area (Å²) in [6, 6.07) is 22.5. The summed E-state index contributed by atoms with van der Waals surface area (Å²) in [5.41, 5.74) is 3.66. The predicted octanol–water partition coefficient (Wildman–Crippen LogP) is 5.22. The molecule has 2 aromatic carbocycles. The fourth-order valence-electron chi connectivity index (χ4n) is 3.65. The van der Waals surface area contributed by atoms with Gasteiger partial charge < -0.3 is 5.32 Å². The highest BCUT2D eigenvalue weighted by Gasteiger charge is 2.18. The van der Waals surface area contributed by atoms with Gasteiger partial charge in [-0.25, -0.2) is 13.9 Å². The average Bonchev–Trinajstić information content (AvgIpc) is 3.29. The molecule has 6 nitrogen and oxygen atoms in total. The number of nitrogens with one attached hydrogen (secondary N) is 1. The van der Waals surface area contributed by atoms with Gasteiger partial charge in [-0.15, -0.1) is 0 Å². The van der Waals surface area contributed by atoms with E-state index in [9.17, 15) is 9.18 Å². The molecule has 0 radical (unpaired) electrons. The summed E-state index contributed by atoms with van der Waals surface area (Å²) in [6.45, 7) is 0.389. The first-order chi connectivity index (χ1) is 16.6. The zero-order valence-corrected chi connectivity index (χ0v) is 18.7. The maximum atomic E-state index is 14.5. The van der Waals surface area contributed by atoms with E-state index in [1.807, 2.05) is 30.3 Å². The first-order valence-corrected chi connectivity index (χ1v) is 11.1. The topological polar surface area (TPSA) is 72.2 Å². The quantitative estimate of drug-likeness (QED) is 0.368. The maximum absolute atomic E-state index is 14.5. The van der Waals surface area contributed by atoms with Crippen LogP contribution in [0.1, 0.15) is 16.2 Å². The molecule has 0 fully saturated rings. The Balaban J connectivity index is 1.54. The lowest BCUT2D eigenvalue weighted by atomic mass is 10.1. The summed E-state index contributed by atoms with van der Waals surface area (Å²) in [6.07, 6.45) is 2.29. The zero-order chi connectivity index (χ0) is 23.5. The van der Waals surface area contributed by atoms with Gasteiger partial charge in [-0.05, 0) is 42.5 Å². The van der Waals surface area contributed by atoms with E-state index < -0.39 is 5.82 Å². The van der Waals surface area contributed by atoms with Gasteiger partial charge in [0.05, 0.1) is 11.4 Å². The van der Waals surface area contributed by atoms with E-state index in [4.69, 9.17) is 11.6 Å². The Labute approximate surface area is 200 Å². The number of carbonyl (C=O) groups excluding carboxylic acids is 1. The molecule has 3 aromatic heterocycles. The molecule has 0 spiro atoms. The Kier molecular flexibility index (Phi) is 6.01. The van der Waals surface area contributed by atoms with E-state index in [-0.39, 0.29) is 11.6 Å². The van der Waals surface area contributed by atoms with E-state index in [0.717, 1.165) is 11.3 Å². The van der Waals surface area contributed by atoms with Gasteiger partial charge in [0, 0.05) is 47.1 Å². The number of pyridine rings is 1. The van der Waals surface area contributed by atoms with Gasteiger partial charge in [0.15, 0.2) is 5.65 Å². The van der Waals surface area contributed by atoms with Crippen LogP contribution in [-0.2, 0) is 6.42 Å². The Bertz CT molecular complexity index is 1470. The molecule has 0 saturated carbocycles. The van der Waals surface area contributed by atoms with Crippen molar-refractivity contribution in [2.75, 3.05) is 6.54 Å². The van der Waals surface area contributed by atoms with E-state index >= 15 is 0 Å². The van der Waals surface area contributed by atoms with Crippen molar-refractivity contribution in [3.05, 3.63) is 107 Å². The van der Waals surface area contributed by atoms with Gasteiger partial charge in [-0.1, -0.05) is 41.9 Å². The van der Waals surface area contributed by atoms with Crippen molar-refractivity contribution in [3.63, 3.8) is 0 Å². The van der Waals surface area contributed by atoms with Crippen LogP contribution in [0.3, 0.4) is 0 Å². The second kappa shape index (κ2) is 9.41. The molecule has 0 unspecified atom stereocenters. The second-order valence-corrected chi connectivity index (χ2v) is 8.08. The minimum atomic E-state index is -0.418. The maximum Gasteiger partial charge on any atom is 0.270 e. The molecule has 1 amide bonds. The number of hydrogen-bond acceptors (Lipinski definition) is 4. The number of aromatic nitrogens is 4. The van der Waals surface area contributed by atoms with Crippen LogP contribution in [0.25, 0.3) is 28.2 Å². The normalized spacial score (nSPS) is 11.0. The lowest BCUT2D eigenvalue weighted by Gasteiger charge is -2.09. The van der Waals surface area contributed by atoms with E-state index in [1.54, 1.807) is 48.7 Å². The zero-order valence-electron chi connectivity index (χ0n) is 18.0. The summed E-state index contributed by atoms with van der Waals surface area (Å²) >= 11 is 6.01. The molecule has 34 heavy (non-hydrogen) atoms. The molecular weight excluding hydrogens is 453 g/mol. The van der Waals surface area contributed by atoms with Crippen molar-refractivity contribution >= 4 is 23.2 Å². The fraction of sp³-hybridized carbons (Fsp3) is 0.0769. The Morgan fingerprint density at radius 3 is 2.53 bits per heavy atom. The molecule has 0 aliphatic heterocycles. The van der Waals surface area contributed by atoms with Crippen molar-refractivity contribution in [2.45, 2.75) is 6.42 Å². The van der Waals surface area contributed by atoms with Crippen LogP contribution < -0.4 is 5.32 Å². The highest BCUT2D eigenvalue weighted by atomic mass is 35.5. The van der Waals surface area contributed by atoms with E-state index in [1.165, 1.54) is 10.6 Å². The van der Waals surface area contributed by atoms with Crippen molar-refractivity contribution in [2.24, 2.45) is 0 Å². The number of fused-ring (bicyclic) bond motifs is 1. The number of benzene rings is 2. The Morgan fingerprint density at radius 2 is 1.76 bits per heavy atom. The summed E-state index contributed by atoms with van der Waals surface area (Å²) in [5.74, 6) is -0.759. The average molecular weight is 472 g/mol. The van der Waals surface area contributed by atoms with Crippen molar-refractivity contribution in [1.29, 1.82) is 0 Å². The molecule has 0 atom stereocenters. The molecule has 168 valence electrons. The molecule has 0 aliphatic rings. The summed E-state index contributed by atoms with van der Waals surface area (Å²) in [7, 11) is 0. The second-order valence-electron chi connectivity index (χ2n) is 7.64. The van der Waals surface area contributed by atoms with Gasteiger partial charge in [0.1, 0.15) is 11.5 Å². The molecule has 8 heteroatoms. The summed E-state index contributed by atoms with van der Waals surface area (Å²) < 4.78 is 16.0. The first-order valence-electron chi connectivity index (χ1n) is 10.7. The largest absolute Gasteiger partial charge is 0.350 e. The molecule has 3 heterocycles. The predicted molar refractivity (Wildman–Crippen MR) is 129 cm³/mol. The van der Waals surface area contributed by atoms with E-state index in [0.29, 0.717) is 40.6 Å². The number of nitrogens with zero attached hydrogens (tertiary/aromatic N) is 4. The van der Waals surface area contributed by atoms with Crippen molar-refractivity contribution < 1.29 is 9.18 Å². The van der Waals surface area contributed by atoms with Crippen LogP contribution >= 0.6 is 11.6 Å². The highest BCUT2D eigenvalue weighted by molar-refractivity contribution is 6.30. The number of halogens is 2. The van der Waals surface area contributed by atoms with Crippen LogP contribution in [-0.4, -0.2) is 32.0 Å². The number of rotatable bonds is 6. The third-order valence-corrected chi connectivity index (χ3v) is 5.59. The van der Waals surface area contributed by atoms with Crippen molar-refractivity contribution in [3.8, 4) is 22.5 Å². The monoisotopic (exact) mass is 471 g/mol. The standard InChI is InChI=1S/C26H19ClFN5O/c27-18-10-8-17(9-11-18)22-16-25-31-23(20-6-1-2-7-21(20)28)15-24(33(25)32-22)26(34)30-14-12-19-5-3-4-13-29-19/h1-11,13,15-16H,12,14H2,(H,30,34). The van der Waals surface area contributed by atoms with Crippen molar-refractivity contribution in [1.82, 2.24) is 24.9 Å². The third kappa shape index (κ3) is 4.51. The molecule has 5 rings (SSSR count). The van der Waals surface area contributed by atoms with Crippen LogP contribution in [0.4, 0.5) is 4.39 Å². The first kappa shape index (κ1) is 21.7. The Morgan fingerprint density at radius 1 is 0.971 bits per heavy atom. The van der Waals surface area contributed by atoms with Gasteiger partial charge in [-0.3, -0.25) is 9.78 Å². The smallest absolute Gasteiger partial charge is 0.270 e. The minimum Gasteiger partial charge on any atom is -0.350 e. The number of amides is 1. The lowest BCUT2D eigenvalue weighted by molar-refractivity contribution is 0.0946. The number of hydrogen-bond donors (Lipinski definition) is 1. The minimum absolute atomic E-state index is 0.254. The van der Waals surface area contributed by atoms with Gasteiger partial charge >= 0.3 is 0 Å². The molecular formula is C26H19ClFN5O. The summed E-state index contributed by atoms with van der Waals surface area (Å²) in [4.78, 5) is 22.0. The molecule has 0 bridgehead atoms. The van der Waals surface area contributed by atoms with Gasteiger partial charge in [-0.2, -0.15) is 5.10 Å². The highest BCUT2D eigenvalue weighted by Crippen LogP contribution is 2.26. The van der Waals surface area contributed by atoms with Crippen LogP contribution in [0, 0.1) is 5.82 Å². The van der Waals surface area contributed by atoms with Crippen LogP contribution in [0.5, 0.6) is 0 Å². The molecule has 1 N–H and O–H groups in total. The fourth-order valence-corrected chi connectivity index (χ4v) is 3.77. The summed E-state index contributed by atoms with van der Waals surface area (Å²) in [5, 5.41) is 8.12. The SMILES string of the molecule is O=C(NCCc1ccccn1)c1cc(-c2ccccc2F)nc2cc(-c3ccc(Cl)cc3)nn12. The van der Waals surface area contributed by atoms with Crippen LogP contribution in [0.2, 0.25) is 5.02 Å².